The molecule has 0 aromatic carbocycles. The highest BCUT2D eigenvalue weighted by Gasteiger charge is 2.88. The second-order valence-electron chi connectivity index (χ2n) is 3.36. The molecule has 0 aromatic heterocycles. The Hall–Kier alpha value is -1.56. The van der Waals surface area contributed by atoms with Crippen molar-refractivity contribution in [1.29, 1.82) is 0 Å². The maximum Gasteiger partial charge on any atom is 0.473 e. The van der Waals surface area contributed by atoms with E-state index in [4.69, 9.17) is 0 Å². The van der Waals surface area contributed by atoms with Gasteiger partial charge in [-0.2, -0.15) is 48.3 Å². The lowest BCUT2D eigenvalue weighted by molar-refractivity contribution is -0.449. The molecule has 0 N–H and O–H groups in total. The van der Waals surface area contributed by atoms with Gasteiger partial charge in [0.25, 0.3) is 0 Å². The molecule has 0 heterocycles. The summed E-state index contributed by atoms with van der Waals surface area (Å²) in [6, 6.07) is 0. The van der Waals surface area contributed by atoms with Crippen molar-refractivity contribution in [2.45, 2.75) is 30.1 Å². The van der Waals surface area contributed by atoms with Crippen LogP contribution in [0.2, 0.25) is 0 Å². The number of hydrogen-bond acceptors (Lipinski definition) is 2. The molecule has 0 saturated carbocycles. The van der Waals surface area contributed by atoms with Gasteiger partial charge in [-0.1, -0.05) is 6.58 Å². The summed E-state index contributed by atoms with van der Waals surface area (Å²) in [5.74, 6) is -24.9. The second-order valence-corrected chi connectivity index (χ2v) is 3.36. The number of esters is 1. The number of halogens is 11. The molecule has 0 saturated heterocycles. The van der Waals surface area contributed by atoms with Gasteiger partial charge in [0.2, 0.25) is 0 Å². The van der Waals surface area contributed by atoms with Crippen molar-refractivity contribution >= 4 is 5.97 Å². The van der Waals surface area contributed by atoms with Crippen molar-refractivity contribution in [3.63, 3.8) is 0 Å². The lowest BCUT2D eigenvalue weighted by atomic mass is 10.0. The van der Waals surface area contributed by atoms with Crippen LogP contribution in [0.5, 0.6) is 0 Å². The van der Waals surface area contributed by atoms with Gasteiger partial charge in [-0.15, -0.1) is 0 Å². The first-order valence-electron chi connectivity index (χ1n) is 4.39. The predicted molar refractivity (Wildman–Crippen MR) is 42.1 cm³/mol. The van der Waals surface area contributed by atoms with Crippen molar-refractivity contribution in [1.82, 2.24) is 0 Å². The first-order valence-corrected chi connectivity index (χ1v) is 4.39. The molecule has 13 heteroatoms. The average Bonchev–Trinajstić information content (AvgIpc) is 2.25. The molecule has 0 unspecified atom stereocenters. The highest BCUT2D eigenvalue weighted by molar-refractivity contribution is 5.81. The largest absolute Gasteiger partial charge is 0.473 e. The van der Waals surface area contributed by atoms with Crippen LogP contribution >= 0.6 is 0 Å². The SMILES string of the molecule is C=CC(=O)OC(F)(F)C(F)(F)C(F)(F)C(F)(F)C(F)(F)F. The normalized spacial score (nSPS) is 14.8. The fourth-order valence-corrected chi connectivity index (χ4v) is 0.790. The van der Waals surface area contributed by atoms with E-state index in [9.17, 15) is 53.1 Å². The molecule has 0 atom stereocenters. The Labute approximate surface area is 108 Å². The van der Waals surface area contributed by atoms with Gasteiger partial charge in [0.15, 0.2) is 0 Å². The van der Waals surface area contributed by atoms with E-state index in [1.54, 1.807) is 0 Å². The van der Waals surface area contributed by atoms with E-state index < -0.39 is 36.0 Å². The first kappa shape index (κ1) is 19.4. The summed E-state index contributed by atoms with van der Waals surface area (Å²) in [6.07, 6.45) is -14.2. The zero-order valence-corrected chi connectivity index (χ0v) is 9.26. The van der Waals surface area contributed by atoms with Gasteiger partial charge in [-0.25, -0.2) is 4.79 Å². The summed E-state index contributed by atoms with van der Waals surface area (Å²) in [6.45, 7) is 2.41. The lowest BCUT2D eigenvalue weighted by Crippen LogP contribution is -2.67. The molecule has 0 aromatic rings. The van der Waals surface area contributed by atoms with Crippen LogP contribution < -0.4 is 0 Å². The average molecular weight is 340 g/mol. The zero-order valence-electron chi connectivity index (χ0n) is 9.26. The van der Waals surface area contributed by atoms with Gasteiger partial charge < -0.3 is 4.74 Å². The highest BCUT2D eigenvalue weighted by atomic mass is 19.4. The Bertz CT molecular complexity index is 422. The molecule has 0 radical (unpaired) electrons. The van der Waals surface area contributed by atoms with Gasteiger partial charge in [0, 0.05) is 6.08 Å². The van der Waals surface area contributed by atoms with Crippen LogP contribution in [0.3, 0.4) is 0 Å². The molecule has 0 rings (SSSR count). The van der Waals surface area contributed by atoms with E-state index in [1.165, 1.54) is 0 Å². The molecule has 0 spiro atoms. The third kappa shape index (κ3) is 2.90. The fourth-order valence-electron chi connectivity index (χ4n) is 0.790. The molecule has 2 nitrogen and oxygen atoms in total. The molecule has 21 heavy (non-hydrogen) atoms. The number of carbonyl (C=O) groups excluding carboxylic acids is 1. The number of alkyl halides is 11. The molecule has 0 aliphatic carbocycles. The van der Waals surface area contributed by atoms with Crippen molar-refractivity contribution in [2.75, 3.05) is 0 Å². The minimum Gasteiger partial charge on any atom is -0.393 e. The summed E-state index contributed by atoms with van der Waals surface area (Å²) in [7, 11) is 0. The van der Waals surface area contributed by atoms with E-state index >= 15 is 0 Å². The number of carbonyl (C=O) groups is 1. The Morgan fingerprint density at radius 2 is 1.14 bits per heavy atom. The minimum atomic E-state index is -7.61. The number of hydrogen-bond donors (Lipinski definition) is 0. The van der Waals surface area contributed by atoms with E-state index in [0.29, 0.717) is 0 Å². The molecule has 0 aliphatic heterocycles. The standard InChI is InChI=1S/C8H3F11O2/c1-2-3(20)21-8(18,19)6(13,14)4(9,10)5(11,12)7(15,16)17/h2H,1H2. The predicted octanol–water partition coefficient (Wildman–Crippen LogP) is 3.78. The summed E-state index contributed by atoms with van der Waals surface area (Å²) >= 11 is 0. The van der Waals surface area contributed by atoms with E-state index in [1.807, 2.05) is 0 Å². The molecule has 0 bridgehead atoms. The quantitative estimate of drug-likeness (QED) is 0.433. The molecule has 124 valence electrons. The molecule has 0 aliphatic rings. The van der Waals surface area contributed by atoms with E-state index in [2.05, 4.69) is 11.3 Å². The zero-order chi connectivity index (χ0) is 17.5. The Morgan fingerprint density at radius 1 is 0.762 bits per heavy atom. The fraction of sp³-hybridized carbons (Fsp3) is 0.625. The van der Waals surface area contributed by atoms with E-state index in [-0.39, 0.29) is 6.08 Å². The summed E-state index contributed by atoms with van der Waals surface area (Å²) in [5.41, 5.74) is 0. The first-order chi connectivity index (χ1) is 8.95. The minimum absolute atomic E-state index is 0.232. The maximum absolute atomic E-state index is 12.7. The number of ether oxygens (including phenoxy) is 1. The second kappa shape index (κ2) is 5.02. The topological polar surface area (TPSA) is 26.3 Å². The van der Waals surface area contributed by atoms with Crippen LogP contribution in [0.15, 0.2) is 12.7 Å². The summed E-state index contributed by atoms with van der Waals surface area (Å²) in [5, 5.41) is 0. The van der Waals surface area contributed by atoms with Crippen LogP contribution in [0.25, 0.3) is 0 Å². The van der Waals surface area contributed by atoms with Gasteiger partial charge in [-0.3, -0.25) is 0 Å². The van der Waals surface area contributed by atoms with Gasteiger partial charge in [0.05, 0.1) is 0 Å². The van der Waals surface area contributed by atoms with Crippen molar-refractivity contribution in [3.8, 4) is 0 Å². The van der Waals surface area contributed by atoms with Crippen LogP contribution in [-0.2, 0) is 9.53 Å². The van der Waals surface area contributed by atoms with Crippen molar-refractivity contribution in [3.05, 3.63) is 12.7 Å². The highest BCUT2D eigenvalue weighted by Crippen LogP contribution is 2.57. The summed E-state index contributed by atoms with van der Waals surface area (Å²) < 4.78 is 138. The Balaban J connectivity index is 5.88. The van der Waals surface area contributed by atoms with Crippen LogP contribution in [0.4, 0.5) is 48.3 Å². The van der Waals surface area contributed by atoms with E-state index in [0.717, 1.165) is 0 Å². The third-order valence-electron chi connectivity index (χ3n) is 1.91. The Kier molecular flexibility index (Phi) is 4.64. The van der Waals surface area contributed by atoms with Crippen LogP contribution in [0.1, 0.15) is 0 Å². The molecular formula is C8H3F11O2. The third-order valence-corrected chi connectivity index (χ3v) is 1.91. The van der Waals surface area contributed by atoms with Gasteiger partial charge in [-0.05, 0) is 0 Å². The maximum atomic E-state index is 12.7. The van der Waals surface area contributed by atoms with Crippen molar-refractivity contribution < 1.29 is 57.8 Å². The monoisotopic (exact) mass is 340 g/mol. The molecule has 0 fully saturated rings. The van der Waals surface area contributed by atoms with Crippen LogP contribution in [0, 0.1) is 0 Å². The molecular weight excluding hydrogens is 337 g/mol. The van der Waals surface area contributed by atoms with Gasteiger partial charge >= 0.3 is 36.0 Å². The number of rotatable bonds is 5. The van der Waals surface area contributed by atoms with Gasteiger partial charge in [0.1, 0.15) is 0 Å². The lowest BCUT2D eigenvalue weighted by Gasteiger charge is -2.36. The smallest absolute Gasteiger partial charge is 0.393 e. The van der Waals surface area contributed by atoms with Crippen molar-refractivity contribution in [2.24, 2.45) is 0 Å². The molecule has 0 amide bonds. The van der Waals surface area contributed by atoms with Crippen LogP contribution in [-0.4, -0.2) is 36.0 Å². The Morgan fingerprint density at radius 3 is 1.43 bits per heavy atom. The summed E-state index contributed by atoms with van der Waals surface area (Å²) in [4.78, 5) is 10.2.